The topological polar surface area (TPSA) is 158 Å². The number of hydrogen-bond donors (Lipinski definition) is 0. The second-order valence-corrected chi connectivity index (χ2v) is 0.500. The molecule has 0 aromatic heterocycles. The summed E-state index contributed by atoms with van der Waals surface area (Å²) in [5.41, 5.74) is 0. The first-order valence-electron chi connectivity index (χ1n) is 1.22. The molecule has 2 N–H and O–H groups in total. The van der Waals surface area contributed by atoms with E-state index in [0.29, 0.717) is 0 Å². The van der Waals surface area contributed by atoms with Crippen molar-refractivity contribution in [3.63, 3.8) is 0 Å². The summed E-state index contributed by atoms with van der Waals surface area (Å²) in [6.45, 7) is 0. The summed E-state index contributed by atoms with van der Waals surface area (Å²) >= 11 is 0. The van der Waals surface area contributed by atoms with Gasteiger partial charge in [0, 0.05) is 0 Å². The van der Waals surface area contributed by atoms with E-state index in [1.807, 2.05) is 0 Å². The minimum atomic E-state index is -2.33. The SMILES string of the molecule is O.O=C([O-])[O-].O=C([O-])[O-].[Fe+2].[Mg+2]. The third-order valence-electron chi connectivity index (χ3n) is 0. The van der Waals surface area contributed by atoms with E-state index in [2.05, 4.69) is 0 Å². The van der Waals surface area contributed by atoms with Gasteiger partial charge in [-0.05, 0) is 12.3 Å². The van der Waals surface area contributed by atoms with Gasteiger partial charge in [-0.1, -0.05) is 0 Å². The summed E-state index contributed by atoms with van der Waals surface area (Å²) in [7, 11) is 0. The van der Waals surface area contributed by atoms with Gasteiger partial charge < -0.3 is 35.5 Å². The Labute approximate surface area is 88.0 Å². The molecule has 7 nitrogen and oxygen atoms in total. The molecule has 0 aliphatic rings. The van der Waals surface area contributed by atoms with Crippen LogP contribution in [0.15, 0.2) is 0 Å². The van der Waals surface area contributed by atoms with Gasteiger partial charge in [0.25, 0.3) is 0 Å². The van der Waals surface area contributed by atoms with Crippen LogP contribution in [0.1, 0.15) is 0 Å². The van der Waals surface area contributed by atoms with Gasteiger partial charge in [0.1, 0.15) is 0 Å². The number of rotatable bonds is 0. The Morgan fingerprint density at radius 3 is 0.818 bits per heavy atom. The van der Waals surface area contributed by atoms with Crippen LogP contribution in [0.5, 0.6) is 0 Å². The van der Waals surface area contributed by atoms with Crippen LogP contribution >= 0.6 is 0 Å². The molecule has 0 unspecified atom stereocenters. The first-order chi connectivity index (χ1) is 3.46. The van der Waals surface area contributed by atoms with E-state index in [9.17, 15) is 0 Å². The molecule has 0 rings (SSSR count). The quantitative estimate of drug-likeness (QED) is 0.368. The molecule has 0 atom stereocenters. The molecule has 11 heavy (non-hydrogen) atoms. The van der Waals surface area contributed by atoms with Gasteiger partial charge in [0.05, 0.1) is 0 Å². The zero-order valence-electron chi connectivity index (χ0n) is 5.01. The van der Waals surface area contributed by atoms with Crippen molar-refractivity contribution in [1.82, 2.24) is 0 Å². The van der Waals surface area contributed by atoms with Crippen LogP contribution in [0.2, 0.25) is 0 Å². The maximum atomic E-state index is 8.33. The minimum absolute atomic E-state index is 0. The molecule has 0 heterocycles. The van der Waals surface area contributed by atoms with E-state index in [1.165, 1.54) is 0 Å². The van der Waals surface area contributed by atoms with Crippen LogP contribution in [-0.4, -0.2) is 40.8 Å². The second kappa shape index (κ2) is 22.6. The third-order valence-corrected chi connectivity index (χ3v) is 0. The Bertz CT molecular complexity index is 74.4. The number of hydrogen-bond acceptors (Lipinski definition) is 6. The molecule has 0 aromatic carbocycles. The van der Waals surface area contributed by atoms with Crippen molar-refractivity contribution in [2.45, 2.75) is 0 Å². The van der Waals surface area contributed by atoms with Crippen LogP contribution in [0, 0.1) is 0 Å². The molecular weight excluding hydrogens is 216 g/mol. The molecule has 9 heteroatoms. The zero-order chi connectivity index (χ0) is 7.15. The molecule has 0 aliphatic carbocycles. The number of carbonyl (C=O) groups is 2. The van der Waals surface area contributed by atoms with Gasteiger partial charge in [-0.2, -0.15) is 0 Å². The van der Waals surface area contributed by atoms with Gasteiger partial charge >= 0.3 is 40.1 Å². The summed E-state index contributed by atoms with van der Waals surface area (Å²) in [5, 5.41) is 33.3. The van der Waals surface area contributed by atoms with Crippen molar-refractivity contribution in [2.75, 3.05) is 0 Å². The molecule has 0 spiro atoms. The Morgan fingerprint density at radius 2 is 0.818 bits per heavy atom. The minimum Gasteiger partial charge on any atom is -0.652 e. The van der Waals surface area contributed by atoms with Gasteiger partial charge in [0.15, 0.2) is 0 Å². The van der Waals surface area contributed by atoms with E-state index in [4.69, 9.17) is 30.0 Å². The largest absolute Gasteiger partial charge is 2.00 e. The first kappa shape index (κ1) is 30.9. The molecule has 62 valence electrons. The van der Waals surface area contributed by atoms with Crippen LogP contribution in [0.25, 0.3) is 0 Å². The normalized spacial score (nSPS) is 4.36. The summed E-state index contributed by atoms with van der Waals surface area (Å²) in [4.78, 5) is 16.7. The Morgan fingerprint density at radius 1 is 0.818 bits per heavy atom. The smallest absolute Gasteiger partial charge is 0.652 e. The molecule has 0 aromatic rings. The van der Waals surface area contributed by atoms with Crippen LogP contribution in [-0.2, 0) is 17.1 Å². The van der Waals surface area contributed by atoms with Gasteiger partial charge in [-0.15, -0.1) is 0 Å². The molecule has 0 bridgehead atoms. The van der Waals surface area contributed by atoms with E-state index in [1.54, 1.807) is 0 Å². The molecule has 0 saturated heterocycles. The van der Waals surface area contributed by atoms with Crippen molar-refractivity contribution in [1.29, 1.82) is 0 Å². The van der Waals surface area contributed by atoms with Crippen LogP contribution in [0.3, 0.4) is 0 Å². The predicted octanol–water partition coefficient (Wildman–Crippen LogP) is -6.10. The predicted molar refractivity (Wildman–Crippen MR) is 20.2 cm³/mol. The van der Waals surface area contributed by atoms with Crippen LogP contribution in [0.4, 0.5) is 9.59 Å². The Hall–Kier alpha value is -0.214. The van der Waals surface area contributed by atoms with Gasteiger partial charge in [-0.25, -0.2) is 0 Å². The number of carbonyl (C=O) groups excluding carboxylic acids is 2. The fraction of sp³-hybridized carbons (Fsp3) is 0. The molecule has 0 aliphatic heterocycles. The van der Waals surface area contributed by atoms with E-state index >= 15 is 0 Å². The number of carboxylic acid groups (broad SMARTS) is 4. The fourth-order valence-electron chi connectivity index (χ4n) is 0. The summed E-state index contributed by atoms with van der Waals surface area (Å²) in [6, 6.07) is 0. The molecule has 0 radical (unpaired) electrons. The Kier molecular flexibility index (Phi) is 63.3. The summed E-state index contributed by atoms with van der Waals surface area (Å²) < 4.78 is 0. The standard InChI is InChI=1S/2CH2O3.Fe.Mg.H2O/c2*2-1(3)4;;;/h2*(H2,2,3,4);;;1H2/q;;2*+2;/p-4. The molecule has 0 fully saturated rings. The summed E-state index contributed by atoms with van der Waals surface area (Å²) in [5.74, 6) is 0. The molecule has 0 amide bonds. The molecular formula is C2H2FeMgO7. The van der Waals surface area contributed by atoms with Gasteiger partial charge in [-0.3, -0.25) is 0 Å². The third kappa shape index (κ3) is 12900. The second-order valence-electron chi connectivity index (χ2n) is 0.500. The monoisotopic (exact) mass is 218 g/mol. The van der Waals surface area contributed by atoms with Crippen LogP contribution < -0.4 is 20.4 Å². The Balaban J connectivity index is -0.0000000171. The van der Waals surface area contributed by atoms with Crippen molar-refractivity contribution >= 4 is 35.4 Å². The maximum absolute atomic E-state index is 8.33. The van der Waals surface area contributed by atoms with Crippen molar-refractivity contribution < 1.29 is 52.6 Å². The average molecular weight is 218 g/mol. The first-order valence-corrected chi connectivity index (χ1v) is 1.22. The fourth-order valence-corrected chi connectivity index (χ4v) is 0. The van der Waals surface area contributed by atoms with E-state index < -0.39 is 12.3 Å². The zero-order valence-corrected chi connectivity index (χ0v) is 7.53. The maximum Gasteiger partial charge on any atom is 2.00 e. The summed E-state index contributed by atoms with van der Waals surface area (Å²) in [6.07, 6.45) is -4.67. The van der Waals surface area contributed by atoms with Crippen molar-refractivity contribution in [2.24, 2.45) is 0 Å². The van der Waals surface area contributed by atoms with E-state index in [-0.39, 0.29) is 45.6 Å². The van der Waals surface area contributed by atoms with E-state index in [0.717, 1.165) is 0 Å². The van der Waals surface area contributed by atoms with Crippen molar-refractivity contribution in [3.05, 3.63) is 0 Å². The van der Waals surface area contributed by atoms with Crippen molar-refractivity contribution in [3.8, 4) is 0 Å². The average Bonchev–Trinajstić information content (AvgIpc) is 1.25. The molecule has 0 saturated carbocycles. The van der Waals surface area contributed by atoms with Gasteiger partial charge in [0.2, 0.25) is 0 Å².